The first-order valence-electron chi connectivity index (χ1n) is 5.26. The van der Waals surface area contributed by atoms with Crippen LogP contribution in [0.3, 0.4) is 0 Å². The smallest absolute Gasteiger partial charge is 0.476 e. The Balaban J connectivity index is 2.14. The summed E-state index contributed by atoms with van der Waals surface area (Å²) >= 11 is 2.93. The summed E-state index contributed by atoms with van der Waals surface area (Å²) in [6.45, 7) is 0. The molecular formula is C11H6BrF3N2O4. The lowest BCUT2D eigenvalue weighted by Crippen LogP contribution is -2.17. The second kappa shape index (κ2) is 5.64. The molecule has 2 N–H and O–H groups in total. The summed E-state index contributed by atoms with van der Waals surface area (Å²) in [6, 6.07) is 3.56. The van der Waals surface area contributed by atoms with Crippen LogP contribution in [0.4, 0.5) is 24.9 Å². The summed E-state index contributed by atoms with van der Waals surface area (Å²) in [5, 5.41) is 11.3. The molecule has 0 spiro atoms. The first kappa shape index (κ1) is 15.2. The first-order valence-corrected chi connectivity index (χ1v) is 6.05. The van der Waals surface area contributed by atoms with Crippen LogP contribution in [0.25, 0.3) is 0 Å². The van der Waals surface area contributed by atoms with Crippen LogP contribution in [-0.2, 0) is 0 Å². The number of benzene rings is 1. The van der Waals surface area contributed by atoms with Gasteiger partial charge in [-0.15, -0.1) is 13.2 Å². The van der Waals surface area contributed by atoms with E-state index in [2.05, 4.69) is 31.0 Å². The number of hydrogen-bond donors (Lipinski definition) is 2. The van der Waals surface area contributed by atoms with Gasteiger partial charge < -0.3 is 19.6 Å². The van der Waals surface area contributed by atoms with Crippen LogP contribution in [0.5, 0.6) is 5.75 Å². The zero-order valence-electron chi connectivity index (χ0n) is 9.94. The normalized spacial score (nSPS) is 11.2. The largest absolute Gasteiger partial charge is 0.573 e. The quantitative estimate of drug-likeness (QED) is 0.856. The van der Waals surface area contributed by atoms with Gasteiger partial charge >= 0.3 is 12.3 Å². The van der Waals surface area contributed by atoms with Gasteiger partial charge in [0.05, 0.1) is 4.47 Å². The Labute approximate surface area is 123 Å². The molecule has 10 heteroatoms. The van der Waals surface area contributed by atoms with Crippen molar-refractivity contribution in [1.82, 2.24) is 4.98 Å². The molecule has 1 aromatic heterocycles. The van der Waals surface area contributed by atoms with Crippen LogP contribution in [0.1, 0.15) is 10.5 Å². The molecule has 0 unspecified atom stereocenters. The van der Waals surface area contributed by atoms with E-state index in [1.807, 2.05) is 0 Å². The van der Waals surface area contributed by atoms with Crippen LogP contribution in [0, 0.1) is 0 Å². The lowest BCUT2D eigenvalue weighted by Gasteiger charge is -2.11. The van der Waals surface area contributed by atoms with Gasteiger partial charge in [-0.25, -0.2) is 4.79 Å². The molecule has 0 bridgehead atoms. The van der Waals surface area contributed by atoms with Crippen molar-refractivity contribution < 1.29 is 32.2 Å². The minimum absolute atomic E-state index is 0.0508. The highest BCUT2D eigenvalue weighted by molar-refractivity contribution is 9.10. The van der Waals surface area contributed by atoms with E-state index in [0.717, 1.165) is 12.3 Å². The molecule has 21 heavy (non-hydrogen) atoms. The monoisotopic (exact) mass is 366 g/mol. The number of nitrogens with one attached hydrogen (secondary N) is 1. The van der Waals surface area contributed by atoms with Gasteiger partial charge in [0.2, 0.25) is 0 Å². The topological polar surface area (TPSA) is 84.6 Å². The molecule has 0 atom stereocenters. The van der Waals surface area contributed by atoms with Crippen LogP contribution in [-0.4, -0.2) is 22.4 Å². The van der Waals surface area contributed by atoms with Gasteiger partial charge in [-0.3, -0.25) is 0 Å². The van der Waals surface area contributed by atoms with Crippen molar-refractivity contribution in [3.8, 4) is 5.75 Å². The zero-order valence-corrected chi connectivity index (χ0v) is 11.5. The Morgan fingerprint density at radius 3 is 2.67 bits per heavy atom. The van der Waals surface area contributed by atoms with Gasteiger partial charge in [0.25, 0.3) is 6.01 Å². The number of alkyl halides is 3. The minimum Gasteiger partial charge on any atom is -0.476 e. The van der Waals surface area contributed by atoms with Gasteiger partial charge in [-0.2, -0.15) is 4.98 Å². The van der Waals surface area contributed by atoms with Crippen molar-refractivity contribution in [3.63, 3.8) is 0 Å². The number of rotatable bonds is 4. The number of aromatic nitrogens is 1. The van der Waals surface area contributed by atoms with Crippen molar-refractivity contribution >= 4 is 33.6 Å². The van der Waals surface area contributed by atoms with Crippen molar-refractivity contribution in [1.29, 1.82) is 0 Å². The maximum Gasteiger partial charge on any atom is 0.573 e. The zero-order chi connectivity index (χ0) is 15.6. The van der Waals surface area contributed by atoms with E-state index in [1.54, 1.807) is 0 Å². The number of nitrogens with zero attached hydrogens (tertiary/aromatic N) is 1. The Morgan fingerprint density at radius 2 is 2.14 bits per heavy atom. The summed E-state index contributed by atoms with van der Waals surface area (Å²) in [7, 11) is 0. The number of oxazole rings is 1. The Bertz CT molecular complexity index is 672. The van der Waals surface area contributed by atoms with E-state index in [1.165, 1.54) is 12.1 Å². The summed E-state index contributed by atoms with van der Waals surface area (Å²) in [5.74, 6) is -1.67. The molecule has 0 amide bonds. The van der Waals surface area contributed by atoms with E-state index in [-0.39, 0.29) is 16.2 Å². The van der Waals surface area contributed by atoms with E-state index in [0.29, 0.717) is 5.69 Å². The standard InChI is InChI=1S/C11H6BrF3N2O4/c12-6-3-5(1-2-8(6)21-11(13,14)15)16-10-17-7(4-20-10)9(18)19/h1-4H,(H,16,17)(H,18,19). The third-order valence-electron chi connectivity index (χ3n) is 2.13. The van der Waals surface area contributed by atoms with Gasteiger partial charge in [0.1, 0.15) is 12.0 Å². The average Bonchev–Trinajstić information content (AvgIpc) is 2.80. The molecule has 0 saturated heterocycles. The maximum absolute atomic E-state index is 12.1. The molecule has 0 aliphatic carbocycles. The predicted octanol–water partition coefficient (Wildman–Crippen LogP) is 3.78. The Morgan fingerprint density at radius 1 is 1.43 bits per heavy atom. The van der Waals surface area contributed by atoms with Crippen molar-refractivity contribution in [2.45, 2.75) is 6.36 Å². The highest BCUT2D eigenvalue weighted by Gasteiger charge is 2.31. The van der Waals surface area contributed by atoms with Gasteiger partial charge in [0.15, 0.2) is 5.69 Å². The first-order chi connectivity index (χ1) is 9.74. The molecule has 0 aliphatic rings. The molecule has 1 aromatic carbocycles. The third-order valence-corrected chi connectivity index (χ3v) is 2.75. The third kappa shape index (κ3) is 4.12. The number of anilines is 2. The summed E-state index contributed by atoms with van der Waals surface area (Å²) < 4.78 is 45.0. The van der Waals surface area contributed by atoms with E-state index < -0.39 is 18.1 Å². The molecule has 2 aromatic rings. The second-order valence-electron chi connectivity index (χ2n) is 3.66. The fourth-order valence-electron chi connectivity index (χ4n) is 1.34. The Kier molecular flexibility index (Phi) is 4.07. The fourth-order valence-corrected chi connectivity index (χ4v) is 1.80. The predicted molar refractivity (Wildman–Crippen MR) is 67.6 cm³/mol. The molecule has 0 fully saturated rings. The Hall–Kier alpha value is -2.23. The van der Waals surface area contributed by atoms with Crippen LogP contribution in [0.15, 0.2) is 33.4 Å². The lowest BCUT2D eigenvalue weighted by atomic mass is 10.3. The van der Waals surface area contributed by atoms with Crippen molar-refractivity contribution in [2.75, 3.05) is 5.32 Å². The molecule has 1 heterocycles. The highest BCUT2D eigenvalue weighted by Crippen LogP contribution is 2.33. The molecule has 0 radical (unpaired) electrons. The highest BCUT2D eigenvalue weighted by atomic mass is 79.9. The number of hydrogen-bond acceptors (Lipinski definition) is 5. The molecule has 0 aliphatic heterocycles. The number of carbonyl (C=O) groups is 1. The maximum atomic E-state index is 12.1. The van der Waals surface area contributed by atoms with Gasteiger partial charge in [-0.05, 0) is 34.1 Å². The SMILES string of the molecule is O=C(O)c1coc(Nc2ccc(OC(F)(F)F)c(Br)c2)n1. The molecule has 0 saturated carbocycles. The van der Waals surface area contributed by atoms with Crippen LogP contribution >= 0.6 is 15.9 Å². The molecule has 2 rings (SSSR count). The van der Waals surface area contributed by atoms with E-state index in [4.69, 9.17) is 9.52 Å². The minimum atomic E-state index is -4.80. The average molecular weight is 367 g/mol. The van der Waals surface area contributed by atoms with Crippen molar-refractivity contribution in [3.05, 3.63) is 34.6 Å². The van der Waals surface area contributed by atoms with Crippen LogP contribution < -0.4 is 10.1 Å². The van der Waals surface area contributed by atoms with Crippen molar-refractivity contribution in [2.24, 2.45) is 0 Å². The number of ether oxygens (including phenoxy) is 1. The molecule has 112 valence electrons. The van der Waals surface area contributed by atoms with Gasteiger partial charge in [0, 0.05) is 5.69 Å². The summed E-state index contributed by atoms with van der Waals surface area (Å²) in [5.41, 5.74) is 0.0313. The number of halogens is 4. The molecular weight excluding hydrogens is 361 g/mol. The van der Waals surface area contributed by atoms with Crippen LogP contribution in [0.2, 0.25) is 0 Å². The number of carboxylic acid groups (broad SMARTS) is 1. The number of carboxylic acids is 1. The van der Waals surface area contributed by atoms with E-state index >= 15 is 0 Å². The summed E-state index contributed by atoms with van der Waals surface area (Å²) in [6.07, 6.45) is -3.86. The van der Waals surface area contributed by atoms with E-state index in [9.17, 15) is 18.0 Å². The molecule has 6 nitrogen and oxygen atoms in total. The number of aromatic carboxylic acids is 1. The second-order valence-corrected chi connectivity index (χ2v) is 4.52. The lowest BCUT2D eigenvalue weighted by molar-refractivity contribution is -0.274. The fraction of sp³-hybridized carbons (Fsp3) is 0.0909. The van der Waals surface area contributed by atoms with Gasteiger partial charge in [-0.1, -0.05) is 0 Å². The summed E-state index contributed by atoms with van der Waals surface area (Å²) in [4.78, 5) is 14.2.